The number of amides is 1. The van der Waals surface area contributed by atoms with Crippen molar-refractivity contribution < 1.29 is 31.8 Å². The molecule has 0 radical (unpaired) electrons. The van der Waals surface area contributed by atoms with Crippen molar-refractivity contribution in [1.82, 2.24) is 14.9 Å². The number of ether oxygens (including phenoxy) is 2. The number of nitrogens with zero attached hydrogens (tertiary/aromatic N) is 2. The van der Waals surface area contributed by atoms with Crippen LogP contribution in [0.2, 0.25) is 0 Å². The second-order valence-electron chi connectivity index (χ2n) is 7.05. The van der Waals surface area contributed by atoms with E-state index in [2.05, 4.69) is 37.2 Å². The SMILES string of the molecule is CC(C)Oc1ccc(F)cc1-c1cc(CNC(=O)c2ccccc2OC(F)(F)F)nn1PI. The van der Waals surface area contributed by atoms with Gasteiger partial charge in [-0.05, 0) is 72.3 Å². The number of para-hydroxylation sites is 1. The van der Waals surface area contributed by atoms with Gasteiger partial charge >= 0.3 is 6.36 Å². The lowest BCUT2D eigenvalue weighted by Crippen LogP contribution is -2.25. The van der Waals surface area contributed by atoms with Gasteiger partial charge in [0.25, 0.3) is 5.91 Å². The number of hydrogen-bond donors (Lipinski definition) is 1. The molecule has 0 aliphatic carbocycles. The fourth-order valence-electron chi connectivity index (χ4n) is 2.97. The second kappa shape index (κ2) is 10.7. The lowest BCUT2D eigenvalue weighted by Gasteiger charge is -2.14. The maximum atomic E-state index is 14.0. The highest BCUT2D eigenvalue weighted by atomic mass is 127. The average Bonchev–Trinajstić information content (AvgIpc) is 3.15. The van der Waals surface area contributed by atoms with Gasteiger partial charge in [-0.3, -0.25) is 4.79 Å². The summed E-state index contributed by atoms with van der Waals surface area (Å²) in [4.78, 5) is 12.5. The summed E-state index contributed by atoms with van der Waals surface area (Å²) in [7, 11) is 0. The van der Waals surface area contributed by atoms with Gasteiger partial charge in [0.1, 0.15) is 17.3 Å². The summed E-state index contributed by atoms with van der Waals surface area (Å²) < 4.78 is 63.2. The lowest BCUT2D eigenvalue weighted by molar-refractivity contribution is -0.274. The topological polar surface area (TPSA) is 65.4 Å². The zero-order chi connectivity index (χ0) is 24.2. The Morgan fingerprint density at radius 3 is 2.58 bits per heavy atom. The Balaban J connectivity index is 1.83. The van der Waals surface area contributed by atoms with Crippen molar-refractivity contribution in [2.75, 3.05) is 0 Å². The Bertz CT molecular complexity index is 1140. The number of hydrogen-bond acceptors (Lipinski definition) is 4. The molecule has 33 heavy (non-hydrogen) atoms. The van der Waals surface area contributed by atoms with Crippen molar-refractivity contribution in [2.45, 2.75) is 32.9 Å². The molecule has 0 saturated carbocycles. The minimum atomic E-state index is -4.92. The van der Waals surface area contributed by atoms with Gasteiger partial charge < -0.3 is 14.8 Å². The quantitative estimate of drug-likeness (QED) is 0.194. The zero-order valence-corrected chi connectivity index (χ0v) is 20.6. The highest BCUT2D eigenvalue weighted by molar-refractivity contribution is 14.2. The van der Waals surface area contributed by atoms with E-state index < -0.39 is 23.8 Å². The highest BCUT2D eigenvalue weighted by Crippen LogP contribution is 2.37. The standard InChI is InChI=1S/C21H19F4IN3O3P/c1-12(2)31-18-8-7-13(22)9-16(18)17-10-14(28-29(17)33-26)11-27-20(30)15-5-3-4-6-19(15)32-21(23,24)25/h3-10,12,33H,11H2,1-2H3,(H,27,30). The molecular formula is C21H19F4IN3O3P. The van der Waals surface area contributed by atoms with E-state index in [0.29, 0.717) is 22.7 Å². The number of aromatic nitrogens is 2. The summed E-state index contributed by atoms with van der Waals surface area (Å²) in [6.07, 6.45) is -4.89. The van der Waals surface area contributed by atoms with Gasteiger partial charge in [0, 0.05) is 5.56 Å². The molecule has 0 bridgehead atoms. The number of carbonyl (C=O) groups is 1. The Hall–Kier alpha value is -2.40. The second-order valence-corrected chi connectivity index (χ2v) is 9.09. The van der Waals surface area contributed by atoms with Crippen molar-refractivity contribution in [3.05, 3.63) is 65.6 Å². The van der Waals surface area contributed by atoms with Gasteiger partial charge in [-0.15, -0.1) is 13.2 Å². The predicted molar refractivity (Wildman–Crippen MR) is 125 cm³/mol. The number of carbonyl (C=O) groups excluding carboxylic acids is 1. The normalized spacial score (nSPS) is 11.9. The molecule has 2 aromatic carbocycles. The molecule has 6 nitrogen and oxygen atoms in total. The van der Waals surface area contributed by atoms with Gasteiger partial charge in [-0.2, -0.15) is 5.10 Å². The summed E-state index contributed by atoms with van der Waals surface area (Å²) in [5.41, 5.74) is 1.27. The molecular weight excluding hydrogens is 576 g/mol. The molecule has 0 aliphatic rings. The van der Waals surface area contributed by atoms with Crippen molar-refractivity contribution >= 4 is 34.3 Å². The van der Waals surface area contributed by atoms with E-state index >= 15 is 0 Å². The van der Waals surface area contributed by atoms with Crippen LogP contribution >= 0.6 is 28.4 Å². The van der Waals surface area contributed by atoms with Crippen LogP contribution in [0.4, 0.5) is 17.6 Å². The molecule has 3 aromatic rings. The third-order valence-electron chi connectivity index (χ3n) is 4.21. The molecule has 3 rings (SSSR count). The molecule has 1 heterocycles. The Morgan fingerprint density at radius 1 is 1.18 bits per heavy atom. The number of benzene rings is 2. The molecule has 176 valence electrons. The van der Waals surface area contributed by atoms with Gasteiger partial charge in [0.2, 0.25) is 0 Å². The van der Waals surface area contributed by atoms with E-state index in [1.807, 2.05) is 13.8 Å². The van der Waals surface area contributed by atoms with Gasteiger partial charge in [0.05, 0.1) is 36.0 Å². The van der Waals surface area contributed by atoms with Crippen LogP contribution in [-0.4, -0.2) is 27.9 Å². The number of alkyl halides is 3. The van der Waals surface area contributed by atoms with Crippen LogP contribution < -0.4 is 14.8 Å². The first-order chi connectivity index (χ1) is 15.6. The summed E-state index contributed by atoms with van der Waals surface area (Å²) >= 11 is 2.12. The fourth-order valence-corrected chi connectivity index (χ4v) is 4.51. The molecule has 1 aromatic heterocycles. The summed E-state index contributed by atoms with van der Waals surface area (Å²) in [6, 6.07) is 10.9. The first-order valence-corrected chi connectivity index (χ1v) is 13.7. The lowest BCUT2D eigenvalue weighted by atomic mass is 10.1. The molecule has 1 N–H and O–H groups in total. The Labute approximate surface area is 202 Å². The van der Waals surface area contributed by atoms with Gasteiger partial charge in [0.15, 0.2) is 0 Å². The van der Waals surface area contributed by atoms with Crippen molar-refractivity contribution in [3.8, 4) is 22.8 Å². The van der Waals surface area contributed by atoms with Crippen LogP contribution in [0.3, 0.4) is 0 Å². The maximum absolute atomic E-state index is 14.0. The number of halogens is 5. The summed E-state index contributed by atoms with van der Waals surface area (Å²) in [5, 5.41) is 6.97. The van der Waals surface area contributed by atoms with E-state index in [0.717, 1.165) is 6.07 Å². The largest absolute Gasteiger partial charge is 0.573 e. The molecule has 0 fully saturated rings. The Morgan fingerprint density at radius 2 is 1.91 bits per heavy atom. The molecule has 0 spiro atoms. The third-order valence-corrected chi connectivity index (χ3v) is 6.08. The number of rotatable bonds is 8. The van der Waals surface area contributed by atoms with Crippen LogP contribution in [0.15, 0.2) is 48.5 Å². The average molecular weight is 595 g/mol. The smallest absolute Gasteiger partial charge is 0.490 e. The van der Waals surface area contributed by atoms with E-state index in [-0.39, 0.29) is 24.6 Å². The van der Waals surface area contributed by atoms with Crippen LogP contribution in [0.25, 0.3) is 11.3 Å². The van der Waals surface area contributed by atoms with Crippen molar-refractivity contribution in [2.24, 2.45) is 0 Å². The first kappa shape index (κ1) is 25.2. The Kier molecular flexibility index (Phi) is 8.17. The van der Waals surface area contributed by atoms with E-state index in [1.54, 1.807) is 10.5 Å². The third kappa shape index (κ3) is 6.80. The number of nitrogens with one attached hydrogen (secondary N) is 1. The van der Waals surface area contributed by atoms with E-state index in [1.165, 1.54) is 36.4 Å². The van der Waals surface area contributed by atoms with E-state index in [9.17, 15) is 22.4 Å². The molecule has 12 heteroatoms. The molecule has 1 atom stereocenters. The predicted octanol–water partition coefficient (Wildman–Crippen LogP) is 6.10. The van der Waals surface area contributed by atoms with Crippen molar-refractivity contribution in [1.29, 1.82) is 0 Å². The van der Waals surface area contributed by atoms with Crippen LogP contribution in [0.1, 0.15) is 29.9 Å². The van der Waals surface area contributed by atoms with Gasteiger partial charge in [-0.25, -0.2) is 8.84 Å². The van der Waals surface area contributed by atoms with Gasteiger partial charge in [-0.1, -0.05) is 12.1 Å². The van der Waals surface area contributed by atoms with Crippen LogP contribution in [0.5, 0.6) is 11.5 Å². The minimum absolute atomic E-state index is 0.0595. The van der Waals surface area contributed by atoms with Crippen LogP contribution in [0, 0.1) is 5.82 Å². The highest BCUT2D eigenvalue weighted by Gasteiger charge is 2.32. The first-order valence-electron chi connectivity index (χ1n) is 9.62. The molecule has 0 saturated heterocycles. The maximum Gasteiger partial charge on any atom is 0.573 e. The molecule has 1 amide bonds. The summed E-state index contributed by atoms with van der Waals surface area (Å²) in [6.45, 7) is 3.65. The van der Waals surface area contributed by atoms with E-state index in [4.69, 9.17) is 4.74 Å². The monoisotopic (exact) mass is 595 g/mol. The fraction of sp³-hybridized carbons (Fsp3) is 0.238. The molecule has 0 aliphatic heterocycles. The summed E-state index contributed by atoms with van der Waals surface area (Å²) in [5.74, 6) is -1.31. The zero-order valence-electron chi connectivity index (χ0n) is 17.4. The van der Waals surface area contributed by atoms with Crippen LogP contribution in [-0.2, 0) is 6.54 Å². The van der Waals surface area contributed by atoms with Crippen molar-refractivity contribution in [3.63, 3.8) is 0 Å². The molecule has 1 unspecified atom stereocenters. The minimum Gasteiger partial charge on any atom is -0.490 e.